The maximum atomic E-state index is 7.29. The van der Waals surface area contributed by atoms with Crippen LogP contribution in [0.4, 0.5) is 0 Å². The molecule has 1 aliphatic carbocycles. The van der Waals surface area contributed by atoms with Crippen LogP contribution in [0.2, 0.25) is 0 Å². The van der Waals surface area contributed by atoms with Crippen LogP contribution in [0.1, 0.15) is 25.7 Å². The second kappa shape index (κ2) is 7.11. The topological polar surface area (TPSA) is 73.6 Å². The Morgan fingerprint density at radius 1 is 1.18 bits per heavy atom. The number of nitrogens with two attached hydrogens (primary N) is 1. The molecule has 1 rings (SSSR count). The predicted octanol–water partition coefficient (Wildman–Crippen LogP) is 1.65. The molecule has 4 N–H and O–H groups in total. The molecule has 0 heterocycles. The molecular weight excluding hydrogens is 321 g/mol. The molecule has 0 amide bonds. The molecular formula is C7H15N3Pt-2. The normalized spacial score (nSPS) is 30.3. The van der Waals surface area contributed by atoms with Crippen molar-refractivity contribution in [2.45, 2.75) is 37.8 Å². The summed E-state index contributed by atoms with van der Waals surface area (Å²) >= 11 is 1.93. The largest absolute Gasteiger partial charge is 0.676 e. The van der Waals surface area contributed by atoms with Gasteiger partial charge in [0.25, 0.3) is 0 Å². The maximum Gasteiger partial charge on any atom is -0.0548 e. The van der Waals surface area contributed by atoms with Gasteiger partial charge in [-0.2, -0.15) is 12.1 Å². The van der Waals surface area contributed by atoms with Gasteiger partial charge < -0.3 is 11.5 Å². The fourth-order valence-corrected chi connectivity index (χ4v) is 1.13. The molecule has 2 unspecified atom stereocenters. The van der Waals surface area contributed by atoms with Gasteiger partial charge in [-0.15, -0.1) is 0 Å². The molecule has 70 valence electrons. The zero-order chi connectivity index (χ0) is 8.69. The molecule has 11 heavy (non-hydrogen) atoms. The molecule has 1 saturated carbocycles. The quantitative estimate of drug-likeness (QED) is 0.718. The van der Waals surface area contributed by atoms with Gasteiger partial charge in [-0.25, -0.2) is 0 Å². The van der Waals surface area contributed by atoms with Gasteiger partial charge in [-0.05, 0) is 0 Å². The summed E-state index contributed by atoms with van der Waals surface area (Å²) < 4.78 is 1.47. The van der Waals surface area contributed by atoms with E-state index in [1.165, 1.54) is 17.4 Å². The summed E-state index contributed by atoms with van der Waals surface area (Å²) in [5.74, 6) is 0. The van der Waals surface area contributed by atoms with Crippen LogP contribution in [-0.2, 0) is 19.4 Å². The number of hydrogen-bond donors (Lipinski definition) is 1. The van der Waals surface area contributed by atoms with Gasteiger partial charge in [-0.1, -0.05) is 25.7 Å². The van der Waals surface area contributed by atoms with Gasteiger partial charge in [0.15, 0.2) is 0 Å². The first-order valence-electron chi connectivity index (χ1n) is 3.74. The summed E-state index contributed by atoms with van der Waals surface area (Å²) in [6.07, 6.45) is 4.25. The average molecular weight is 336 g/mol. The third kappa shape index (κ3) is 5.68. The van der Waals surface area contributed by atoms with Gasteiger partial charge in [0.05, 0.1) is 0 Å². The molecule has 0 bridgehead atoms. The summed E-state index contributed by atoms with van der Waals surface area (Å²) in [4.78, 5) is 0. The van der Waals surface area contributed by atoms with Crippen molar-refractivity contribution >= 4 is 4.52 Å². The van der Waals surface area contributed by atoms with Crippen molar-refractivity contribution in [3.63, 3.8) is 0 Å². The Balaban J connectivity index is 0.000000292. The van der Waals surface area contributed by atoms with Crippen LogP contribution >= 0.6 is 0 Å². The molecule has 0 aromatic carbocycles. The minimum Gasteiger partial charge on any atom is -0.676 e. The molecule has 0 aromatic rings. The minimum atomic E-state index is -0.0799. The van der Waals surface area contributed by atoms with E-state index in [4.69, 9.17) is 17.2 Å². The van der Waals surface area contributed by atoms with Crippen LogP contribution in [0.15, 0.2) is 0 Å². The Bertz CT molecular complexity index is 97.9. The molecule has 1 aliphatic rings. The van der Waals surface area contributed by atoms with Crippen molar-refractivity contribution in [2.75, 3.05) is 0 Å². The average Bonchev–Trinajstić information content (AvgIpc) is 1.97. The second-order valence-electron chi connectivity index (χ2n) is 2.60. The van der Waals surface area contributed by atoms with Crippen LogP contribution in [-0.4, -0.2) is 16.6 Å². The first-order chi connectivity index (χ1) is 5.22. The van der Waals surface area contributed by atoms with E-state index in [9.17, 15) is 0 Å². The molecule has 0 aromatic heterocycles. The van der Waals surface area contributed by atoms with Crippen molar-refractivity contribution in [1.29, 1.82) is 0 Å². The van der Waals surface area contributed by atoms with E-state index in [0.717, 1.165) is 12.8 Å². The standard InChI is InChI=1S/C6H12N2.CH3N.Pt/c7-5-3-1-2-4-6(5)8;1-2;/h5-8H,1-4H2;1H,2H2;/q-2;;. The molecule has 0 saturated heterocycles. The summed E-state index contributed by atoms with van der Waals surface area (Å²) in [6, 6.07) is -0.160. The number of hydrogen-bond acceptors (Lipinski definition) is 1. The van der Waals surface area contributed by atoms with Gasteiger partial charge in [0.2, 0.25) is 0 Å². The Hall–Kier alpha value is 0.438. The van der Waals surface area contributed by atoms with Crippen molar-refractivity contribution in [1.82, 2.24) is 0 Å². The van der Waals surface area contributed by atoms with E-state index >= 15 is 0 Å². The first kappa shape index (κ1) is 11.4. The summed E-state index contributed by atoms with van der Waals surface area (Å²) in [5, 5.41) is 0. The first-order valence-corrected chi connectivity index (χ1v) is 5.05. The fourth-order valence-electron chi connectivity index (χ4n) is 1.13. The summed E-state index contributed by atoms with van der Waals surface area (Å²) in [5.41, 5.74) is 19.3. The van der Waals surface area contributed by atoms with Gasteiger partial charge >= 0.3 is 29.6 Å². The zero-order valence-electron chi connectivity index (χ0n) is 6.45. The molecule has 0 aliphatic heterocycles. The second-order valence-corrected chi connectivity index (χ2v) is 3.36. The Morgan fingerprint density at radius 2 is 1.45 bits per heavy atom. The third-order valence-corrected chi connectivity index (χ3v) is 1.77. The molecule has 0 radical (unpaired) electrons. The molecule has 3 nitrogen and oxygen atoms in total. The van der Waals surface area contributed by atoms with E-state index in [1.807, 2.05) is 19.4 Å². The smallest absolute Gasteiger partial charge is 0.0548 e. The zero-order valence-corrected chi connectivity index (χ0v) is 8.73. The van der Waals surface area contributed by atoms with Gasteiger partial charge in [-0.3, -0.25) is 0 Å². The van der Waals surface area contributed by atoms with Crippen LogP contribution in [0, 0.1) is 0 Å². The molecule has 4 heteroatoms. The number of nitrogens with one attached hydrogen (secondary N) is 2. The van der Waals surface area contributed by atoms with Gasteiger partial charge in [0.1, 0.15) is 0 Å². The number of rotatable bonds is 0. The van der Waals surface area contributed by atoms with Crippen molar-refractivity contribution in [3.8, 4) is 0 Å². The predicted molar refractivity (Wildman–Crippen MR) is 44.9 cm³/mol. The Kier molecular flexibility index (Phi) is 7.39. The van der Waals surface area contributed by atoms with Crippen LogP contribution in [0.3, 0.4) is 0 Å². The molecule has 0 spiro atoms. The van der Waals surface area contributed by atoms with E-state index < -0.39 is 0 Å². The van der Waals surface area contributed by atoms with Gasteiger partial charge in [0, 0.05) is 0 Å². The fraction of sp³-hybridized carbons (Fsp3) is 0.857. The van der Waals surface area contributed by atoms with Crippen LogP contribution in [0.25, 0.3) is 11.5 Å². The Morgan fingerprint density at radius 3 is 1.64 bits per heavy atom. The molecule has 1 fully saturated rings. The van der Waals surface area contributed by atoms with E-state index in [1.54, 1.807) is 0 Å². The monoisotopic (exact) mass is 336 g/mol. The van der Waals surface area contributed by atoms with Crippen LogP contribution in [0.5, 0.6) is 0 Å². The maximum absolute atomic E-state index is 7.29. The Labute approximate surface area is 79.1 Å². The van der Waals surface area contributed by atoms with Crippen LogP contribution < -0.4 is 5.73 Å². The van der Waals surface area contributed by atoms with Crippen molar-refractivity contribution < 1.29 is 19.4 Å². The summed E-state index contributed by atoms with van der Waals surface area (Å²) in [7, 11) is 0. The third-order valence-electron chi connectivity index (χ3n) is 1.77. The molecule has 2 atom stereocenters. The van der Waals surface area contributed by atoms with Crippen molar-refractivity contribution in [2.24, 2.45) is 5.73 Å². The minimum absolute atomic E-state index is 0.0799. The SMILES string of the molecule is N[CH]=[Pt].[NH-]C1CCCCC1[NH-]. The van der Waals surface area contributed by atoms with Crippen molar-refractivity contribution in [3.05, 3.63) is 11.5 Å². The van der Waals surface area contributed by atoms with E-state index in [0.29, 0.717) is 0 Å². The van der Waals surface area contributed by atoms with E-state index in [-0.39, 0.29) is 12.1 Å². The summed E-state index contributed by atoms with van der Waals surface area (Å²) in [6.45, 7) is 0. The van der Waals surface area contributed by atoms with E-state index in [2.05, 4.69) is 0 Å².